The fraction of sp³-hybridized carbons (Fsp3) is 0.406. The van der Waals surface area contributed by atoms with E-state index in [-0.39, 0.29) is 35.0 Å². The fourth-order valence-electron chi connectivity index (χ4n) is 6.39. The van der Waals surface area contributed by atoms with Gasteiger partial charge in [-0.15, -0.1) is 0 Å². The lowest BCUT2D eigenvalue weighted by molar-refractivity contribution is -0.117. The van der Waals surface area contributed by atoms with Crippen LogP contribution in [0.5, 0.6) is 17.2 Å². The number of nitrogens with zero attached hydrogens (tertiary/aromatic N) is 4. The number of halogens is 4. The highest BCUT2D eigenvalue weighted by atomic mass is 19.3. The van der Waals surface area contributed by atoms with Crippen LogP contribution in [0.25, 0.3) is 0 Å². The van der Waals surface area contributed by atoms with E-state index in [0.29, 0.717) is 23.7 Å². The highest BCUT2D eigenvalue weighted by Crippen LogP contribution is 2.42. The van der Waals surface area contributed by atoms with Crippen molar-refractivity contribution in [2.45, 2.75) is 50.4 Å². The number of hydrogen-bond acceptors (Lipinski definition) is 8. The van der Waals surface area contributed by atoms with E-state index < -0.39 is 36.1 Å². The number of methoxy groups -OCH3 is 2. The second-order valence-corrected chi connectivity index (χ2v) is 11.4. The van der Waals surface area contributed by atoms with E-state index in [1.165, 1.54) is 31.4 Å². The first-order chi connectivity index (χ1) is 21.9. The molecule has 46 heavy (non-hydrogen) atoms. The van der Waals surface area contributed by atoms with Gasteiger partial charge in [0.15, 0.2) is 0 Å². The number of pyridine rings is 1. The number of piperazine rings is 1. The van der Waals surface area contributed by atoms with Gasteiger partial charge in [0.05, 0.1) is 14.2 Å². The van der Waals surface area contributed by atoms with Gasteiger partial charge in [-0.1, -0.05) is 0 Å². The van der Waals surface area contributed by atoms with Crippen molar-refractivity contribution in [1.29, 1.82) is 0 Å². The van der Waals surface area contributed by atoms with Crippen molar-refractivity contribution >= 4 is 23.5 Å². The Balaban J connectivity index is 0.000000270. The highest BCUT2D eigenvalue weighted by molar-refractivity contribution is 5.97. The first kappa shape index (κ1) is 32.8. The molecule has 2 amide bonds. The number of ether oxygens (including phenoxy) is 3. The molecular weight excluding hydrogens is 610 g/mol. The average Bonchev–Trinajstić information content (AvgIpc) is 3.68. The Morgan fingerprint density at radius 3 is 2.07 bits per heavy atom. The van der Waals surface area contributed by atoms with E-state index in [1.54, 1.807) is 25.0 Å². The molecule has 10 nitrogen and oxygen atoms in total. The summed E-state index contributed by atoms with van der Waals surface area (Å²) >= 11 is 0. The maximum atomic E-state index is 14.8. The summed E-state index contributed by atoms with van der Waals surface area (Å²) in [5.74, 6) is -1.00. The minimum absolute atomic E-state index is 0.000000000000000444. The van der Waals surface area contributed by atoms with Gasteiger partial charge in [-0.2, -0.15) is 8.78 Å². The van der Waals surface area contributed by atoms with Gasteiger partial charge in [0.25, 0.3) is 0 Å². The van der Waals surface area contributed by atoms with E-state index in [1.807, 2.05) is 6.07 Å². The molecule has 0 aliphatic carbocycles. The fourth-order valence-corrected chi connectivity index (χ4v) is 6.39. The van der Waals surface area contributed by atoms with E-state index in [4.69, 9.17) is 20.2 Å². The van der Waals surface area contributed by atoms with E-state index in [9.17, 15) is 27.2 Å². The lowest BCUT2D eigenvalue weighted by Crippen LogP contribution is -2.45. The Kier molecular flexibility index (Phi) is 9.56. The first-order valence-electron chi connectivity index (χ1n) is 14.6. The number of hydrogen-bond donors (Lipinski definition) is 1. The molecule has 246 valence electrons. The number of likely N-dealkylation sites (tertiary alicyclic amines) is 1. The number of likely N-dealkylation sites (N-methyl/N-ethyl adjacent to an activating group) is 1. The number of carbonyl (C=O) groups excluding carboxylic acids is 2. The summed E-state index contributed by atoms with van der Waals surface area (Å²) in [5, 5.41) is 0. The zero-order chi connectivity index (χ0) is 33.3. The van der Waals surface area contributed by atoms with Gasteiger partial charge in [0, 0.05) is 78.9 Å². The molecule has 0 spiro atoms. The van der Waals surface area contributed by atoms with Crippen molar-refractivity contribution in [1.82, 2.24) is 9.88 Å². The van der Waals surface area contributed by atoms with Crippen LogP contribution in [0.15, 0.2) is 48.5 Å². The van der Waals surface area contributed by atoms with Crippen LogP contribution in [0.4, 0.5) is 29.2 Å². The van der Waals surface area contributed by atoms with Crippen LogP contribution in [-0.2, 0) is 4.79 Å². The maximum Gasteiger partial charge on any atom is 0.387 e. The van der Waals surface area contributed by atoms with Gasteiger partial charge in [0.2, 0.25) is 11.8 Å². The lowest BCUT2D eigenvalue weighted by atomic mass is 9.91. The number of nitrogens with two attached hydrogens (primary N) is 1. The molecule has 0 saturated carbocycles. The number of anilines is 2. The van der Waals surface area contributed by atoms with E-state index >= 15 is 0 Å². The normalized spacial score (nSPS) is 22.2. The molecule has 2 N–H and O–H groups in total. The molecule has 3 aliphatic heterocycles. The van der Waals surface area contributed by atoms with Crippen LogP contribution in [0, 0.1) is 11.6 Å². The molecule has 4 heterocycles. The molecule has 3 saturated heterocycles. The standard InChI is InChI=1S/C24H28F2N4O3.C8H7F2NO2/c1-13-18(24-19(25)6-16(32-3)7-20(24)26)10-23(31)30(13)22-9-17(33-4)8-21(27-22)29-12-14-5-15(29)11-28(14)2;9-8(10)13-6-3-1-5(2-4-6)7(11)12/h6-9,13-15,18H,5,10-12H2,1-4H3;1-4,8H,(H2,11,12)/t13?,14-,15-,18?;/m0./s1. The number of alkyl halides is 2. The predicted octanol–water partition coefficient (Wildman–Crippen LogP) is 4.57. The average molecular weight is 646 g/mol. The molecule has 3 aliphatic rings. The smallest absolute Gasteiger partial charge is 0.387 e. The van der Waals surface area contributed by atoms with Crippen LogP contribution in [0.2, 0.25) is 0 Å². The number of fused-ring (bicyclic) bond motifs is 2. The van der Waals surface area contributed by atoms with Crippen LogP contribution in [0.3, 0.4) is 0 Å². The summed E-state index contributed by atoms with van der Waals surface area (Å²) in [4.78, 5) is 34.6. The summed E-state index contributed by atoms with van der Waals surface area (Å²) in [6.45, 7) is 0.775. The second kappa shape index (κ2) is 13.4. The number of carbonyl (C=O) groups is 2. The third-order valence-electron chi connectivity index (χ3n) is 8.74. The molecule has 2 unspecified atom stereocenters. The number of rotatable bonds is 8. The van der Waals surface area contributed by atoms with Gasteiger partial charge in [-0.25, -0.2) is 13.8 Å². The molecule has 0 radical (unpaired) electrons. The Hall–Kier alpha value is -4.59. The third kappa shape index (κ3) is 6.66. The molecule has 1 aromatic heterocycles. The molecule has 2 bridgehead atoms. The van der Waals surface area contributed by atoms with Crippen LogP contribution < -0.4 is 29.7 Å². The summed E-state index contributed by atoms with van der Waals surface area (Å²) in [5.41, 5.74) is 5.09. The highest BCUT2D eigenvalue weighted by Gasteiger charge is 2.44. The van der Waals surface area contributed by atoms with E-state index in [0.717, 1.165) is 37.5 Å². The number of amides is 2. The largest absolute Gasteiger partial charge is 0.497 e. The number of primary amides is 1. The second-order valence-electron chi connectivity index (χ2n) is 11.4. The van der Waals surface area contributed by atoms with Crippen molar-refractivity contribution in [3.63, 3.8) is 0 Å². The van der Waals surface area contributed by atoms with Crippen molar-refractivity contribution in [3.05, 3.63) is 71.3 Å². The minimum Gasteiger partial charge on any atom is -0.497 e. The summed E-state index contributed by atoms with van der Waals surface area (Å²) in [6, 6.07) is 11.4. The molecule has 4 atom stereocenters. The quantitative estimate of drug-likeness (QED) is 0.355. The number of benzene rings is 2. The predicted molar refractivity (Wildman–Crippen MR) is 162 cm³/mol. The van der Waals surface area contributed by atoms with Gasteiger partial charge < -0.3 is 24.8 Å². The molecular formula is C32H35F4N5O5. The zero-order valence-electron chi connectivity index (χ0n) is 25.8. The SMILES string of the molecule is COc1cc(N2C(=O)CC(c3c(F)cc(OC)cc3F)C2C)nc(N2C[C@@H]3C[C@H]2CN3C)c1.NC(=O)c1ccc(OC(F)F)cc1. The molecule has 6 rings (SSSR count). The topological polar surface area (TPSA) is 110 Å². The van der Waals surface area contributed by atoms with Crippen molar-refractivity contribution < 1.29 is 41.4 Å². The lowest BCUT2D eigenvalue weighted by Gasteiger charge is -2.33. The summed E-state index contributed by atoms with van der Waals surface area (Å²) in [6.07, 6.45) is 1.08. The van der Waals surface area contributed by atoms with Crippen molar-refractivity contribution in [2.24, 2.45) is 5.73 Å². The Morgan fingerprint density at radius 2 is 1.54 bits per heavy atom. The van der Waals surface area contributed by atoms with Crippen LogP contribution in [0.1, 0.15) is 41.6 Å². The van der Waals surface area contributed by atoms with Crippen LogP contribution in [-0.4, -0.2) is 80.8 Å². The molecule has 2 aromatic carbocycles. The molecule has 3 aromatic rings. The zero-order valence-corrected chi connectivity index (χ0v) is 25.8. The van der Waals surface area contributed by atoms with Crippen molar-refractivity contribution in [3.8, 4) is 17.2 Å². The maximum absolute atomic E-state index is 14.8. The minimum atomic E-state index is -2.86. The van der Waals surface area contributed by atoms with Gasteiger partial charge in [0.1, 0.15) is 40.5 Å². The van der Waals surface area contributed by atoms with E-state index in [2.05, 4.69) is 21.6 Å². The van der Waals surface area contributed by atoms with Gasteiger partial charge in [-0.3, -0.25) is 19.4 Å². The molecule has 14 heteroatoms. The first-order valence-corrected chi connectivity index (χ1v) is 14.6. The van der Waals surface area contributed by atoms with Crippen molar-refractivity contribution in [2.75, 3.05) is 44.2 Å². The van der Waals surface area contributed by atoms with Crippen LogP contribution >= 0.6 is 0 Å². The van der Waals surface area contributed by atoms with Gasteiger partial charge in [-0.05, 0) is 44.7 Å². The Bertz CT molecular complexity index is 1570. The Morgan fingerprint density at radius 1 is 0.935 bits per heavy atom. The van der Waals surface area contributed by atoms with Gasteiger partial charge >= 0.3 is 6.61 Å². The number of aromatic nitrogens is 1. The third-order valence-corrected chi connectivity index (χ3v) is 8.74. The monoisotopic (exact) mass is 645 g/mol. The molecule has 3 fully saturated rings. The summed E-state index contributed by atoms with van der Waals surface area (Å²) in [7, 11) is 5.06. The summed E-state index contributed by atoms with van der Waals surface area (Å²) < 4.78 is 67.4. The Labute approximate surface area is 263 Å².